The molecule has 20 heavy (non-hydrogen) atoms. The molecule has 0 heterocycles. The number of nitrogens with one attached hydrogen (secondary N) is 1. The third-order valence-electron chi connectivity index (χ3n) is 4.69. The highest BCUT2D eigenvalue weighted by atomic mass is 16.5. The number of hydrogen-bond donors (Lipinski definition) is 2. The summed E-state index contributed by atoms with van der Waals surface area (Å²) in [5, 5.41) is 11.7. The first-order valence-electron chi connectivity index (χ1n) is 7.71. The van der Waals surface area contributed by atoms with Crippen LogP contribution < -0.4 is 5.32 Å². The van der Waals surface area contributed by atoms with Gasteiger partial charge in [0.15, 0.2) is 0 Å². The molecule has 0 saturated heterocycles. The maximum atomic E-state index is 11.8. The van der Waals surface area contributed by atoms with E-state index in [9.17, 15) is 9.59 Å². The fourth-order valence-electron chi connectivity index (χ4n) is 3.15. The van der Waals surface area contributed by atoms with E-state index < -0.39 is 11.9 Å². The number of aliphatic carboxylic acids is 1. The molecule has 2 fully saturated rings. The van der Waals surface area contributed by atoms with Gasteiger partial charge >= 0.3 is 5.97 Å². The highest BCUT2D eigenvalue weighted by Crippen LogP contribution is 2.34. The second-order valence-corrected chi connectivity index (χ2v) is 6.09. The van der Waals surface area contributed by atoms with Gasteiger partial charge in [0.05, 0.1) is 24.5 Å². The molecule has 2 N–H and O–H groups in total. The number of carboxylic acid groups (broad SMARTS) is 1. The molecule has 1 amide bonds. The van der Waals surface area contributed by atoms with Crippen molar-refractivity contribution in [2.45, 2.75) is 51.6 Å². The number of carbonyl (C=O) groups is 2. The molecular formula is C15H25NO4. The van der Waals surface area contributed by atoms with Crippen molar-refractivity contribution in [2.24, 2.45) is 17.8 Å². The molecule has 4 atom stereocenters. The van der Waals surface area contributed by atoms with Crippen LogP contribution >= 0.6 is 0 Å². The van der Waals surface area contributed by atoms with Crippen LogP contribution in [0.25, 0.3) is 0 Å². The average molecular weight is 283 g/mol. The molecule has 0 spiro atoms. The molecule has 114 valence electrons. The average Bonchev–Trinajstić information content (AvgIpc) is 2.34. The molecular weight excluding hydrogens is 258 g/mol. The summed E-state index contributed by atoms with van der Waals surface area (Å²) in [6.07, 6.45) is 6.46. The van der Waals surface area contributed by atoms with Crippen molar-refractivity contribution in [2.75, 3.05) is 13.2 Å². The summed E-state index contributed by atoms with van der Waals surface area (Å²) in [6.45, 7) is 3.21. The fraction of sp³-hybridized carbons (Fsp3) is 0.867. The Labute approximate surface area is 120 Å². The van der Waals surface area contributed by atoms with Gasteiger partial charge in [-0.3, -0.25) is 9.59 Å². The largest absolute Gasteiger partial charge is 0.481 e. The SMILES string of the molecule is CC1CCCCC1OCCNC(=O)C1CCC1C(=O)O. The van der Waals surface area contributed by atoms with Gasteiger partial charge in [0.25, 0.3) is 0 Å². The predicted octanol–water partition coefficient (Wildman–Crippen LogP) is 1.81. The van der Waals surface area contributed by atoms with E-state index in [2.05, 4.69) is 12.2 Å². The third kappa shape index (κ3) is 3.72. The first-order chi connectivity index (χ1) is 9.59. The maximum absolute atomic E-state index is 11.8. The monoisotopic (exact) mass is 283 g/mol. The van der Waals surface area contributed by atoms with Crippen LogP contribution in [0.3, 0.4) is 0 Å². The van der Waals surface area contributed by atoms with Crippen LogP contribution in [0.1, 0.15) is 45.4 Å². The maximum Gasteiger partial charge on any atom is 0.307 e. The summed E-state index contributed by atoms with van der Waals surface area (Å²) in [5.41, 5.74) is 0. The number of ether oxygens (including phenoxy) is 1. The van der Waals surface area contributed by atoms with Crippen molar-refractivity contribution in [1.29, 1.82) is 0 Å². The Morgan fingerprint density at radius 2 is 1.85 bits per heavy atom. The van der Waals surface area contributed by atoms with Gasteiger partial charge in [-0.15, -0.1) is 0 Å². The molecule has 2 aliphatic rings. The second-order valence-electron chi connectivity index (χ2n) is 6.09. The lowest BCUT2D eigenvalue weighted by Crippen LogP contribution is -2.45. The number of hydrogen-bond acceptors (Lipinski definition) is 3. The third-order valence-corrected chi connectivity index (χ3v) is 4.69. The molecule has 0 aromatic rings. The lowest BCUT2D eigenvalue weighted by molar-refractivity contribution is -0.152. The van der Waals surface area contributed by atoms with E-state index >= 15 is 0 Å². The van der Waals surface area contributed by atoms with Gasteiger partial charge < -0.3 is 15.2 Å². The number of carbonyl (C=O) groups excluding carboxylic acids is 1. The number of amides is 1. The van der Waals surface area contributed by atoms with Crippen LogP contribution in [0.15, 0.2) is 0 Å². The Morgan fingerprint density at radius 1 is 1.15 bits per heavy atom. The zero-order valence-electron chi connectivity index (χ0n) is 12.1. The minimum atomic E-state index is -0.858. The van der Waals surface area contributed by atoms with Gasteiger partial charge in [-0.05, 0) is 31.6 Å². The first-order valence-corrected chi connectivity index (χ1v) is 7.71. The van der Waals surface area contributed by atoms with Gasteiger partial charge in [0.2, 0.25) is 5.91 Å². The zero-order chi connectivity index (χ0) is 14.5. The van der Waals surface area contributed by atoms with Crippen LogP contribution in [-0.4, -0.2) is 36.2 Å². The lowest BCUT2D eigenvalue weighted by atomic mass is 9.73. The summed E-state index contributed by atoms with van der Waals surface area (Å²) in [4.78, 5) is 22.7. The van der Waals surface area contributed by atoms with Gasteiger partial charge in [-0.1, -0.05) is 19.8 Å². The highest BCUT2D eigenvalue weighted by Gasteiger charge is 2.41. The number of carboxylic acids is 1. The molecule has 2 rings (SSSR count). The van der Waals surface area contributed by atoms with Crippen molar-refractivity contribution in [1.82, 2.24) is 5.32 Å². The van der Waals surface area contributed by atoms with Crippen molar-refractivity contribution < 1.29 is 19.4 Å². The minimum Gasteiger partial charge on any atom is -0.481 e. The van der Waals surface area contributed by atoms with Gasteiger partial charge in [-0.2, -0.15) is 0 Å². The van der Waals surface area contributed by atoms with E-state index in [0.717, 1.165) is 6.42 Å². The van der Waals surface area contributed by atoms with Crippen LogP contribution in [0.4, 0.5) is 0 Å². The molecule has 0 bridgehead atoms. The summed E-state index contributed by atoms with van der Waals surface area (Å²) in [7, 11) is 0. The molecule has 2 aliphatic carbocycles. The molecule has 5 nitrogen and oxygen atoms in total. The van der Waals surface area contributed by atoms with E-state index in [1.165, 1.54) is 19.3 Å². The van der Waals surface area contributed by atoms with Gasteiger partial charge in [-0.25, -0.2) is 0 Å². The molecule has 5 heteroatoms. The van der Waals surface area contributed by atoms with Crippen LogP contribution in [0.2, 0.25) is 0 Å². The van der Waals surface area contributed by atoms with Gasteiger partial charge in [0.1, 0.15) is 0 Å². The van der Waals surface area contributed by atoms with E-state index in [4.69, 9.17) is 9.84 Å². The van der Waals surface area contributed by atoms with Gasteiger partial charge in [0, 0.05) is 6.54 Å². The standard InChI is InChI=1S/C15H25NO4/c1-10-4-2-3-5-13(10)20-9-8-16-14(17)11-6-7-12(11)15(18)19/h10-13H,2-9H2,1H3,(H,16,17)(H,18,19). The summed E-state index contributed by atoms with van der Waals surface area (Å²) >= 11 is 0. The molecule has 4 unspecified atom stereocenters. The first kappa shape index (κ1) is 15.3. The van der Waals surface area contributed by atoms with Crippen LogP contribution in [0, 0.1) is 17.8 Å². The molecule has 0 aromatic heterocycles. The van der Waals surface area contributed by atoms with Crippen molar-refractivity contribution in [3.8, 4) is 0 Å². The van der Waals surface area contributed by atoms with Crippen molar-refractivity contribution in [3.05, 3.63) is 0 Å². The quantitative estimate of drug-likeness (QED) is 0.729. The summed E-state index contributed by atoms with van der Waals surface area (Å²) in [6, 6.07) is 0. The highest BCUT2D eigenvalue weighted by molar-refractivity contribution is 5.86. The Balaban J connectivity index is 1.61. The predicted molar refractivity (Wildman–Crippen MR) is 74.2 cm³/mol. The van der Waals surface area contributed by atoms with E-state index in [0.29, 0.717) is 38.0 Å². The lowest BCUT2D eigenvalue weighted by Gasteiger charge is -2.32. The topological polar surface area (TPSA) is 75.6 Å². The Kier molecular flexibility index (Phi) is 5.40. The molecule has 0 aliphatic heterocycles. The van der Waals surface area contributed by atoms with Crippen molar-refractivity contribution >= 4 is 11.9 Å². The van der Waals surface area contributed by atoms with Crippen molar-refractivity contribution in [3.63, 3.8) is 0 Å². The fourth-order valence-corrected chi connectivity index (χ4v) is 3.15. The zero-order valence-corrected chi connectivity index (χ0v) is 12.1. The summed E-state index contributed by atoms with van der Waals surface area (Å²) in [5.74, 6) is -1.23. The van der Waals surface area contributed by atoms with Crippen LogP contribution in [-0.2, 0) is 14.3 Å². The summed E-state index contributed by atoms with van der Waals surface area (Å²) < 4.78 is 5.82. The number of rotatable bonds is 6. The smallest absolute Gasteiger partial charge is 0.307 e. The second kappa shape index (κ2) is 7.07. The molecule has 2 saturated carbocycles. The Hall–Kier alpha value is -1.10. The van der Waals surface area contributed by atoms with E-state index in [-0.39, 0.29) is 11.8 Å². The minimum absolute atomic E-state index is 0.135. The van der Waals surface area contributed by atoms with E-state index in [1.807, 2.05) is 0 Å². The van der Waals surface area contributed by atoms with Crippen LogP contribution in [0.5, 0.6) is 0 Å². The Bertz CT molecular complexity index is 358. The Morgan fingerprint density at radius 3 is 2.45 bits per heavy atom. The molecule has 0 aromatic carbocycles. The van der Waals surface area contributed by atoms with E-state index in [1.54, 1.807) is 0 Å². The normalized spacial score (nSPS) is 33.2. The molecule has 0 radical (unpaired) electrons.